The van der Waals surface area contributed by atoms with Crippen LogP contribution in [-0.2, 0) is 14.3 Å². The lowest BCUT2D eigenvalue weighted by Crippen LogP contribution is -2.47. The molecule has 1 N–H and O–H groups in total. The van der Waals surface area contributed by atoms with Gasteiger partial charge in [-0.15, -0.1) is 0 Å². The summed E-state index contributed by atoms with van der Waals surface area (Å²) in [6.45, 7) is 9.60. The molecule has 0 bridgehead atoms. The number of carbonyl (C=O) groups excluding carboxylic acids is 2. The third kappa shape index (κ3) is 3.07. The number of esters is 1. The van der Waals surface area contributed by atoms with Crippen molar-refractivity contribution in [1.82, 2.24) is 4.90 Å². The first kappa shape index (κ1) is 17.1. The van der Waals surface area contributed by atoms with Crippen molar-refractivity contribution in [2.75, 3.05) is 13.2 Å². The molecule has 1 heterocycles. The van der Waals surface area contributed by atoms with Gasteiger partial charge in [0.15, 0.2) is 0 Å². The third-order valence-electron chi connectivity index (χ3n) is 4.57. The van der Waals surface area contributed by atoms with Gasteiger partial charge >= 0.3 is 12.1 Å². The number of ether oxygens (including phenoxy) is 2. The Morgan fingerprint density at radius 1 is 1.41 bits per heavy atom. The highest BCUT2D eigenvalue weighted by Gasteiger charge is 2.68. The number of aliphatic hydroxyl groups is 1. The lowest BCUT2D eigenvalue weighted by atomic mass is 9.92. The first-order chi connectivity index (χ1) is 10.1. The highest BCUT2D eigenvalue weighted by Crippen LogP contribution is 2.63. The largest absolute Gasteiger partial charge is 0.464 e. The predicted molar refractivity (Wildman–Crippen MR) is 80.2 cm³/mol. The maximum absolute atomic E-state index is 12.4. The van der Waals surface area contributed by atoms with Crippen molar-refractivity contribution >= 4 is 12.1 Å². The first-order valence-corrected chi connectivity index (χ1v) is 7.96. The van der Waals surface area contributed by atoms with E-state index in [0.29, 0.717) is 13.0 Å². The standard InChI is InChI=1S/C16H27NO5/c1-6-21-13(19)12-16(9-11(16)10(2)18)7-8-17(12)14(20)22-15(3,4)5/h10-12,18H,6-9H2,1-5H3. The molecule has 1 aliphatic carbocycles. The summed E-state index contributed by atoms with van der Waals surface area (Å²) in [6.07, 6.45) is 0.466. The second kappa shape index (κ2) is 5.72. The highest BCUT2D eigenvalue weighted by molar-refractivity contribution is 5.84. The molecule has 4 atom stereocenters. The van der Waals surface area contributed by atoms with E-state index in [4.69, 9.17) is 9.47 Å². The minimum absolute atomic E-state index is 0.0364. The molecule has 126 valence electrons. The summed E-state index contributed by atoms with van der Waals surface area (Å²) in [7, 11) is 0. The lowest BCUT2D eigenvalue weighted by Gasteiger charge is -2.30. The summed E-state index contributed by atoms with van der Waals surface area (Å²) >= 11 is 0. The van der Waals surface area contributed by atoms with Gasteiger partial charge in [0, 0.05) is 12.0 Å². The molecule has 1 spiro atoms. The number of rotatable bonds is 3. The molecule has 0 aromatic rings. The Hall–Kier alpha value is -1.30. The monoisotopic (exact) mass is 313 g/mol. The van der Waals surface area contributed by atoms with E-state index in [0.717, 1.165) is 6.42 Å². The van der Waals surface area contributed by atoms with Gasteiger partial charge < -0.3 is 14.6 Å². The average molecular weight is 313 g/mol. The molecule has 1 amide bonds. The zero-order chi connectivity index (χ0) is 16.7. The van der Waals surface area contributed by atoms with Crippen molar-refractivity contribution in [3.63, 3.8) is 0 Å². The third-order valence-corrected chi connectivity index (χ3v) is 4.57. The van der Waals surface area contributed by atoms with E-state index in [9.17, 15) is 14.7 Å². The summed E-state index contributed by atoms with van der Waals surface area (Å²) in [5, 5.41) is 9.87. The van der Waals surface area contributed by atoms with Crippen LogP contribution in [0.5, 0.6) is 0 Å². The van der Waals surface area contributed by atoms with Crippen LogP contribution in [0.4, 0.5) is 4.79 Å². The second-order valence-electron chi connectivity index (χ2n) is 7.36. The molecule has 4 unspecified atom stereocenters. The molecule has 6 nitrogen and oxygen atoms in total. The molecule has 22 heavy (non-hydrogen) atoms. The van der Waals surface area contributed by atoms with E-state index in [-0.39, 0.29) is 17.9 Å². The molecule has 0 aromatic heterocycles. The van der Waals surface area contributed by atoms with Crippen LogP contribution in [-0.4, -0.2) is 53.0 Å². The fourth-order valence-corrected chi connectivity index (χ4v) is 3.61. The smallest absolute Gasteiger partial charge is 0.411 e. The lowest BCUT2D eigenvalue weighted by molar-refractivity contribution is -0.150. The van der Waals surface area contributed by atoms with Crippen LogP contribution in [0.1, 0.15) is 47.5 Å². The van der Waals surface area contributed by atoms with Crippen molar-refractivity contribution in [2.24, 2.45) is 11.3 Å². The van der Waals surface area contributed by atoms with Gasteiger partial charge in [-0.05, 0) is 53.4 Å². The van der Waals surface area contributed by atoms with Crippen molar-refractivity contribution in [2.45, 2.75) is 65.2 Å². The van der Waals surface area contributed by atoms with Crippen LogP contribution in [0.25, 0.3) is 0 Å². The summed E-state index contributed by atoms with van der Waals surface area (Å²) in [5.41, 5.74) is -0.962. The quantitative estimate of drug-likeness (QED) is 0.806. The van der Waals surface area contributed by atoms with Crippen LogP contribution >= 0.6 is 0 Å². The Kier molecular flexibility index (Phi) is 4.44. The molecule has 2 aliphatic rings. The van der Waals surface area contributed by atoms with E-state index >= 15 is 0 Å². The Bertz CT molecular complexity index is 456. The first-order valence-electron chi connectivity index (χ1n) is 7.96. The van der Waals surface area contributed by atoms with E-state index in [1.165, 1.54) is 4.90 Å². The normalized spacial score (nSPS) is 32.0. The topological polar surface area (TPSA) is 76.1 Å². The zero-order valence-corrected chi connectivity index (χ0v) is 14.1. The number of nitrogens with zero attached hydrogens (tertiary/aromatic N) is 1. The Morgan fingerprint density at radius 3 is 2.50 bits per heavy atom. The Balaban J connectivity index is 2.20. The van der Waals surface area contributed by atoms with Crippen LogP contribution in [0, 0.1) is 11.3 Å². The van der Waals surface area contributed by atoms with E-state index in [1.807, 2.05) is 0 Å². The van der Waals surface area contributed by atoms with Crippen LogP contribution in [0.3, 0.4) is 0 Å². The summed E-state index contributed by atoms with van der Waals surface area (Å²) in [4.78, 5) is 26.3. The number of likely N-dealkylation sites (tertiary alicyclic amines) is 1. The van der Waals surface area contributed by atoms with Crippen molar-refractivity contribution in [1.29, 1.82) is 0 Å². The molecule has 1 aliphatic heterocycles. The fraction of sp³-hybridized carbons (Fsp3) is 0.875. The zero-order valence-electron chi connectivity index (χ0n) is 14.1. The van der Waals surface area contributed by atoms with E-state index in [1.54, 1.807) is 34.6 Å². The molecule has 2 fully saturated rings. The van der Waals surface area contributed by atoms with Crippen molar-refractivity contribution < 1.29 is 24.2 Å². The van der Waals surface area contributed by atoms with Gasteiger partial charge in [-0.25, -0.2) is 9.59 Å². The number of amides is 1. The Morgan fingerprint density at radius 2 is 2.05 bits per heavy atom. The summed E-state index contributed by atoms with van der Waals surface area (Å²) < 4.78 is 10.6. The molecule has 0 radical (unpaired) electrons. The predicted octanol–water partition coefficient (Wildman–Crippen LogP) is 1.95. The molecule has 1 saturated heterocycles. The molecular formula is C16H27NO5. The minimum Gasteiger partial charge on any atom is -0.464 e. The number of carbonyl (C=O) groups is 2. The Labute approximate surface area is 131 Å². The van der Waals surface area contributed by atoms with Gasteiger partial charge in [-0.1, -0.05) is 0 Å². The van der Waals surface area contributed by atoms with Crippen LogP contribution < -0.4 is 0 Å². The highest BCUT2D eigenvalue weighted by atomic mass is 16.6. The van der Waals surface area contributed by atoms with E-state index < -0.39 is 29.8 Å². The van der Waals surface area contributed by atoms with Gasteiger partial charge in [0.25, 0.3) is 0 Å². The summed E-state index contributed by atoms with van der Waals surface area (Å²) in [5.74, 6) is -0.358. The van der Waals surface area contributed by atoms with Gasteiger partial charge in [0.2, 0.25) is 0 Å². The minimum atomic E-state index is -0.651. The van der Waals surface area contributed by atoms with Crippen LogP contribution in [0.15, 0.2) is 0 Å². The van der Waals surface area contributed by atoms with Crippen molar-refractivity contribution in [3.8, 4) is 0 Å². The maximum atomic E-state index is 12.4. The molecule has 6 heteroatoms. The molecule has 2 rings (SSSR count). The molecular weight excluding hydrogens is 286 g/mol. The van der Waals surface area contributed by atoms with Gasteiger partial charge in [0.1, 0.15) is 11.6 Å². The summed E-state index contributed by atoms with van der Waals surface area (Å²) in [6, 6.07) is -0.651. The maximum Gasteiger partial charge on any atom is 0.411 e. The average Bonchev–Trinajstić information content (AvgIpc) is 2.93. The van der Waals surface area contributed by atoms with Gasteiger partial charge in [-0.2, -0.15) is 0 Å². The number of hydrogen-bond donors (Lipinski definition) is 1. The number of hydrogen-bond acceptors (Lipinski definition) is 5. The van der Waals surface area contributed by atoms with Gasteiger partial charge in [0.05, 0.1) is 12.7 Å². The van der Waals surface area contributed by atoms with Crippen molar-refractivity contribution in [3.05, 3.63) is 0 Å². The SMILES string of the molecule is CCOC(=O)C1N(C(=O)OC(C)(C)C)CCC12CC2C(C)O. The molecule has 0 aromatic carbocycles. The second-order valence-corrected chi connectivity index (χ2v) is 7.36. The van der Waals surface area contributed by atoms with Crippen LogP contribution in [0.2, 0.25) is 0 Å². The molecule has 1 saturated carbocycles. The van der Waals surface area contributed by atoms with Gasteiger partial charge in [-0.3, -0.25) is 4.90 Å². The van der Waals surface area contributed by atoms with E-state index in [2.05, 4.69) is 0 Å². The fourth-order valence-electron chi connectivity index (χ4n) is 3.61. The number of aliphatic hydroxyl groups excluding tert-OH is 1.